The highest BCUT2D eigenvalue weighted by molar-refractivity contribution is 7.12. The molecule has 3 aromatic heterocycles. The second-order valence-electron chi connectivity index (χ2n) is 5.41. The minimum absolute atomic E-state index is 0.0463. The highest BCUT2D eigenvalue weighted by Gasteiger charge is 2.18. The van der Waals surface area contributed by atoms with E-state index in [-0.39, 0.29) is 11.9 Å². The maximum atomic E-state index is 12.4. The summed E-state index contributed by atoms with van der Waals surface area (Å²) in [6.45, 7) is 5.89. The van der Waals surface area contributed by atoms with Crippen LogP contribution < -0.4 is 5.32 Å². The van der Waals surface area contributed by atoms with Crippen molar-refractivity contribution in [1.82, 2.24) is 20.1 Å². The summed E-state index contributed by atoms with van der Waals surface area (Å²) in [4.78, 5) is 17.4. The van der Waals surface area contributed by atoms with E-state index in [1.807, 2.05) is 50.4 Å². The molecule has 1 N–H and O–H groups in total. The highest BCUT2D eigenvalue weighted by atomic mass is 32.1. The zero-order valence-corrected chi connectivity index (χ0v) is 14.1. The van der Waals surface area contributed by atoms with E-state index in [0.717, 1.165) is 27.5 Å². The van der Waals surface area contributed by atoms with Gasteiger partial charge >= 0.3 is 0 Å². The molecule has 0 aromatic carbocycles. The van der Waals surface area contributed by atoms with E-state index in [1.165, 1.54) is 11.3 Å². The van der Waals surface area contributed by atoms with Crippen molar-refractivity contribution in [3.8, 4) is 5.82 Å². The fourth-order valence-electron chi connectivity index (χ4n) is 2.50. The lowest BCUT2D eigenvalue weighted by Gasteiger charge is -2.14. The van der Waals surface area contributed by atoms with Crippen LogP contribution in [0.1, 0.15) is 39.5 Å². The molecule has 0 aliphatic carbocycles. The molecule has 0 spiro atoms. The van der Waals surface area contributed by atoms with Crippen LogP contribution in [0.5, 0.6) is 0 Å². The quantitative estimate of drug-likeness (QED) is 0.799. The van der Waals surface area contributed by atoms with Gasteiger partial charge in [-0.3, -0.25) is 4.79 Å². The molecule has 118 valence electrons. The maximum Gasteiger partial charge on any atom is 0.262 e. The monoisotopic (exact) mass is 326 g/mol. The van der Waals surface area contributed by atoms with E-state index < -0.39 is 0 Å². The zero-order valence-electron chi connectivity index (χ0n) is 13.3. The van der Waals surface area contributed by atoms with Gasteiger partial charge in [0.1, 0.15) is 0 Å². The summed E-state index contributed by atoms with van der Waals surface area (Å²) in [5.41, 5.74) is 2.96. The number of nitrogens with one attached hydrogen (secondary N) is 1. The van der Waals surface area contributed by atoms with Gasteiger partial charge in [-0.2, -0.15) is 5.10 Å². The van der Waals surface area contributed by atoms with Gasteiger partial charge in [0, 0.05) is 17.5 Å². The number of carbonyl (C=O) groups excluding carboxylic acids is 1. The van der Waals surface area contributed by atoms with Crippen LogP contribution in [0.25, 0.3) is 5.82 Å². The average Bonchev–Trinajstić information content (AvgIpc) is 3.14. The molecule has 3 aromatic rings. The fourth-order valence-corrected chi connectivity index (χ4v) is 3.33. The van der Waals surface area contributed by atoms with Gasteiger partial charge in [-0.05, 0) is 49.9 Å². The zero-order chi connectivity index (χ0) is 16.4. The number of hydrogen-bond acceptors (Lipinski definition) is 4. The van der Waals surface area contributed by atoms with Crippen LogP contribution in [-0.2, 0) is 0 Å². The Balaban J connectivity index is 1.81. The second-order valence-corrected chi connectivity index (χ2v) is 6.33. The molecule has 1 atom stereocenters. The van der Waals surface area contributed by atoms with Crippen molar-refractivity contribution in [1.29, 1.82) is 0 Å². The molecule has 1 amide bonds. The molecule has 5 nitrogen and oxygen atoms in total. The number of pyridine rings is 1. The standard InChI is InChI=1S/C17H18N4OS/c1-11-7-9-23-16(11)17(22)20-12(2)14-10-19-21(13(14)3)15-6-4-5-8-18-15/h4-10,12H,1-3H3,(H,20,22)/t12-/m1/s1. The Morgan fingerprint density at radius 1 is 1.30 bits per heavy atom. The van der Waals surface area contributed by atoms with Gasteiger partial charge in [0.05, 0.1) is 17.1 Å². The number of thiophene rings is 1. The minimum Gasteiger partial charge on any atom is -0.345 e. The van der Waals surface area contributed by atoms with Crippen molar-refractivity contribution in [3.63, 3.8) is 0 Å². The van der Waals surface area contributed by atoms with Crippen molar-refractivity contribution in [2.75, 3.05) is 0 Å². The molecular formula is C17H18N4OS. The molecule has 0 radical (unpaired) electrons. The number of amides is 1. The molecule has 3 heterocycles. The van der Waals surface area contributed by atoms with Gasteiger partial charge in [0.15, 0.2) is 5.82 Å². The average molecular weight is 326 g/mol. The summed E-state index contributed by atoms with van der Waals surface area (Å²) < 4.78 is 1.79. The van der Waals surface area contributed by atoms with Crippen LogP contribution in [0.4, 0.5) is 0 Å². The van der Waals surface area contributed by atoms with Crippen LogP contribution in [-0.4, -0.2) is 20.7 Å². The minimum atomic E-state index is -0.124. The van der Waals surface area contributed by atoms with Crippen molar-refractivity contribution in [2.45, 2.75) is 26.8 Å². The van der Waals surface area contributed by atoms with Crippen LogP contribution >= 0.6 is 11.3 Å². The summed E-state index contributed by atoms with van der Waals surface area (Å²) in [5.74, 6) is 0.721. The number of aromatic nitrogens is 3. The number of rotatable bonds is 4. The smallest absolute Gasteiger partial charge is 0.262 e. The Labute approximate surface area is 139 Å². The van der Waals surface area contributed by atoms with E-state index in [1.54, 1.807) is 17.1 Å². The lowest BCUT2D eigenvalue weighted by molar-refractivity contribution is 0.0943. The largest absolute Gasteiger partial charge is 0.345 e. The van der Waals surface area contributed by atoms with E-state index >= 15 is 0 Å². The summed E-state index contributed by atoms with van der Waals surface area (Å²) >= 11 is 1.46. The molecule has 0 fully saturated rings. The predicted octanol–water partition coefficient (Wildman–Crippen LogP) is 3.44. The number of carbonyl (C=O) groups is 1. The third kappa shape index (κ3) is 3.03. The first kappa shape index (κ1) is 15.4. The van der Waals surface area contributed by atoms with Crippen LogP contribution in [0.2, 0.25) is 0 Å². The van der Waals surface area contributed by atoms with Crippen molar-refractivity contribution in [2.24, 2.45) is 0 Å². The number of aryl methyl sites for hydroxylation is 1. The first-order chi connectivity index (χ1) is 11.1. The third-order valence-electron chi connectivity index (χ3n) is 3.80. The lowest BCUT2D eigenvalue weighted by atomic mass is 10.1. The molecule has 0 aliphatic rings. The fraction of sp³-hybridized carbons (Fsp3) is 0.235. The molecule has 0 saturated carbocycles. The van der Waals surface area contributed by atoms with Crippen LogP contribution in [0, 0.1) is 13.8 Å². The van der Waals surface area contributed by atoms with E-state index in [0.29, 0.717) is 0 Å². The van der Waals surface area contributed by atoms with Gasteiger partial charge in [-0.15, -0.1) is 11.3 Å². The van der Waals surface area contributed by atoms with E-state index in [2.05, 4.69) is 15.4 Å². The topological polar surface area (TPSA) is 59.8 Å². The van der Waals surface area contributed by atoms with Gasteiger partial charge in [-0.25, -0.2) is 9.67 Å². The van der Waals surface area contributed by atoms with Gasteiger partial charge in [0.2, 0.25) is 0 Å². The highest BCUT2D eigenvalue weighted by Crippen LogP contribution is 2.21. The Morgan fingerprint density at radius 3 is 2.78 bits per heavy atom. The van der Waals surface area contributed by atoms with Gasteiger partial charge in [0.25, 0.3) is 5.91 Å². The predicted molar refractivity (Wildman–Crippen MR) is 91.0 cm³/mol. The van der Waals surface area contributed by atoms with Crippen LogP contribution in [0.3, 0.4) is 0 Å². The first-order valence-electron chi connectivity index (χ1n) is 7.39. The van der Waals surface area contributed by atoms with Gasteiger partial charge in [-0.1, -0.05) is 6.07 Å². The number of hydrogen-bond donors (Lipinski definition) is 1. The molecule has 0 bridgehead atoms. The maximum absolute atomic E-state index is 12.4. The van der Waals surface area contributed by atoms with Crippen molar-refractivity contribution < 1.29 is 4.79 Å². The van der Waals surface area contributed by atoms with E-state index in [4.69, 9.17) is 0 Å². The molecule has 23 heavy (non-hydrogen) atoms. The SMILES string of the molecule is Cc1ccsc1C(=O)N[C@H](C)c1cnn(-c2ccccn2)c1C. The summed E-state index contributed by atoms with van der Waals surface area (Å²) in [6, 6.07) is 7.53. The second kappa shape index (κ2) is 6.34. The molecule has 0 saturated heterocycles. The Morgan fingerprint density at radius 2 is 2.13 bits per heavy atom. The molecule has 3 rings (SSSR count). The lowest BCUT2D eigenvalue weighted by Crippen LogP contribution is -2.26. The Hall–Kier alpha value is -2.47. The summed E-state index contributed by atoms with van der Waals surface area (Å²) in [7, 11) is 0. The van der Waals surface area contributed by atoms with Crippen molar-refractivity contribution >= 4 is 17.2 Å². The van der Waals surface area contributed by atoms with Crippen molar-refractivity contribution in [3.05, 3.63) is 63.7 Å². The third-order valence-corrected chi connectivity index (χ3v) is 4.81. The Bertz CT molecular complexity index is 822. The Kier molecular flexibility index (Phi) is 4.25. The van der Waals surface area contributed by atoms with Gasteiger partial charge < -0.3 is 5.32 Å². The van der Waals surface area contributed by atoms with Crippen LogP contribution in [0.15, 0.2) is 42.0 Å². The molecule has 0 aliphatic heterocycles. The summed E-state index contributed by atoms with van der Waals surface area (Å²) in [6.07, 6.45) is 3.52. The molecular weight excluding hydrogens is 308 g/mol. The molecule has 0 unspecified atom stereocenters. The summed E-state index contributed by atoms with van der Waals surface area (Å²) in [5, 5.41) is 9.37. The first-order valence-corrected chi connectivity index (χ1v) is 8.26. The van der Waals surface area contributed by atoms with E-state index in [9.17, 15) is 4.79 Å². The molecule has 6 heteroatoms. The number of nitrogens with zero attached hydrogens (tertiary/aromatic N) is 3. The normalized spacial score (nSPS) is 12.1.